The molecule has 1 amide bonds. The molecule has 0 saturated carbocycles. The second kappa shape index (κ2) is 7.50. The SMILES string of the molecule is C[C@@H](N)C(=O)NCC(O)c1cccc(Cl)c1.Cl. The van der Waals surface area contributed by atoms with Crippen LogP contribution in [0.2, 0.25) is 5.02 Å². The smallest absolute Gasteiger partial charge is 0.236 e. The van der Waals surface area contributed by atoms with Crippen molar-refractivity contribution < 1.29 is 9.90 Å². The van der Waals surface area contributed by atoms with Crippen molar-refractivity contribution in [3.8, 4) is 0 Å². The Morgan fingerprint density at radius 2 is 2.24 bits per heavy atom. The van der Waals surface area contributed by atoms with Crippen molar-refractivity contribution in [1.82, 2.24) is 5.32 Å². The van der Waals surface area contributed by atoms with Gasteiger partial charge in [0.2, 0.25) is 5.91 Å². The van der Waals surface area contributed by atoms with Crippen LogP contribution >= 0.6 is 24.0 Å². The van der Waals surface area contributed by atoms with Gasteiger partial charge in [0.05, 0.1) is 12.1 Å². The Morgan fingerprint density at radius 3 is 2.76 bits per heavy atom. The largest absolute Gasteiger partial charge is 0.387 e. The Balaban J connectivity index is 0.00000256. The molecule has 1 aromatic carbocycles. The quantitative estimate of drug-likeness (QED) is 0.776. The highest BCUT2D eigenvalue weighted by Gasteiger charge is 2.11. The normalized spacial score (nSPS) is 13.4. The molecule has 2 atom stereocenters. The van der Waals surface area contributed by atoms with Crippen LogP contribution in [-0.4, -0.2) is 23.6 Å². The number of aliphatic hydroxyl groups excluding tert-OH is 1. The number of aliphatic hydroxyl groups is 1. The van der Waals surface area contributed by atoms with Crippen LogP contribution in [0.15, 0.2) is 24.3 Å². The summed E-state index contributed by atoms with van der Waals surface area (Å²) in [6.07, 6.45) is -0.776. The molecule has 1 aromatic rings. The number of hydrogen-bond acceptors (Lipinski definition) is 3. The van der Waals surface area contributed by atoms with Gasteiger partial charge < -0.3 is 16.2 Å². The maximum atomic E-state index is 11.2. The van der Waals surface area contributed by atoms with E-state index in [0.29, 0.717) is 10.6 Å². The number of halogens is 2. The summed E-state index contributed by atoms with van der Waals surface area (Å²) < 4.78 is 0. The fourth-order valence-corrected chi connectivity index (χ4v) is 1.39. The van der Waals surface area contributed by atoms with Crippen molar-refractivity contribution in [3.63, 3.8) is 0 Å². The molecule has 0 heterocycles. The molecule has 1 unspecified atom stereocenters. The number of rotatable bonds is 4. The number of carbonyl (C=O) groups is 1. The van der Waals surface area contributed by atoms with Gasteiger partial charge in [-0.15, -0.1) is 12.4 Å². The molecule has 4 N–H and O–H groups in total. The number of hydrogen-bond donors (Lipinski definition) is 3. The molecule has 0 aromatic heterocycles. The Morgan fingerprint density at radius 1 is 1.59 bits per heavy atom. The summed E-state index contributed by atoms with van der Waals surface area (Å²) in [5, 5.41) is 12.9. The first kappa shape index (κ1) is 16.2. The van der Waals surface area contributed by atoms with E-state index in [2.05, 4.69) is 5.32 Å². The third-order valence-corrected chi connectivity index (χ3v) is 2.35. The van der Waals surface area contributed by atoms with E-state index in [0.717, 1.165) is 0 Å². The van der Waals surface area contributed by atoms with E-state index >= 15 is 0 Å². The number of nitrogens with two attached hydrogens (primary N) is 1. The Labute approximate surface area is 112 Å². The summed E-state index contributed by atoms with van der Waals surface area (Å²) in [6, 6.07) is 6.29. The van der Waals surface area contributed by atoms with Gasteiger partial charge in [0.1, 0.15) is 0 Å². The van der Waals surface area contributed by atoms with E-state index in [1.165, 1.54) is 0 Å². The van der Waals surface area contributed by atoms with Gasteiger partial charge in [-0.1, -0.05) is 23.7 Å². The van der Waals surface area contributed by atoms with Crippen LogP contribution in [-0.2, 0) is 4.79 Å². The number of amides is 1. The minimum Gasteiger partial charge on any atom is -0.387 e. The first-order chi connectivity index (χ1) is 7.50. The van der Waals surface area contributed by atoms with Crippen LogP contribution in [0.5, 0.6) is 0 Å². The predicted molar refractivity (Wildman–Crippen MR) is 70.3 cm³/mol. The molecule has 6 heteroatoms. The summed E-state index contributed by atoms with van der Waals surface area (Å²) >= 11 is 5.78. The van der Waals surface area contributed by atoms with Crippen LogP contribution in [0.25, 0.3) is 0 Å². The van der Waals surface area contributed by atoms with Crippen molar-refractivity contribution in [2.45, 2.75) is 19.1 Å². The minimum absolute atomic E-state index is 0. The van der Waals surface area contributed by atoms with Crippen LogP contribution in [0.1, 0.15) is 18.6 Å². The predicted octanol–water partition coefficient (Wildman–Crippen LogP) is 1.26. The Bertz CT molecular complexity index is 372. The van der Waals surface area contributed by atoms with Gasteiger partial charge in [-0.2, -0.15) is 0 Å². The zero-order valence-corrected chi connectivity index (χ0v) is 11.0. The molecule has 0 aliphatic rings. The van der Waals surface area contributed by atoms with Gasteiger partial charge in [0.15, 0.2) is 0 Å². The molecule has 4 nitrogen and oxygen atoms in total. The number of nitrogens with one attached hydrogen (secondary N) is 1. The molecule has 96 valence electrons. The minimum atomic E-state index is -0.776. The molecule has 0 fully saturated rings. The zero-order valence-electron chi connectivity index (χ0n) is 9.39. The van der Waals surface area contributed by atoms with Gasteiger partial charge in [-0.25, -0.2) is 0 Å². The zero-order chi connectivity index (χ0) is 12.1. The molecule has 0 bridgehead atoms. The lowest BCUT2D eigenvalue weighted by molar-refractivity contribution is -0.122. The summed E-state index contributed by atoms with van der Waals surface area (Å²) in [5.41, 5.74) is 6.03. The van der Waals surface area contributed by atoms with Crippen molar-refractivity contribution >= 4 is 29.9 Å². The second-order valence-electron chi connectivity index (χ2n) is 3.60. The molecular formula is C11H16Cl2N2O2. The monoisotopic (exact) mass is 278 g/mol. The van der Waals surface area contributed by atoms with Gasteiger partial charge in [-0.3, -0.25) is 4.79 Å². The van der Waals surface area contributed by atoms with Gasteiger partial charge in [-0.05, 0) is 24.6 Å². The lowest BCUT2D eigenvalue weighted by Gasteiger charge is -2.13. The molecule has 0 aliphatic carbocycles. The van der Waals surface area contributed by atoms with Crippen molar-refractivity contribution in [2.24, 2.45) is 5.73 Å². The molecule has 0 radical (unpaired) electrons. The lowest BCUT2D eigenvalue weighted by Crippen LogP contribution is -2.40. The molecule has 0 saturated heterocycles. The molecule has 0 spiro atoms. The van der Waals surface area contributed by atoms with E-state index in [1.54, 1.807) is 31.2 Å². The van der Waals surface area contributed by atoms with Gasteiger partial charge in [0, 0.05) is 11.6 Å². The molecule has 1 rings (SSSR count). The lowest BCUT2D eigenvalue weighted by atomic mass is 10.1. The highest BCUT2D eigenvalue weighted by molar-refractivity contribution is 6.30. The topological polar surface area (TPSA) is 75.4 Å². The third-order valence-electron chi connectivity index (χ3n) is 2.12. The first-order valence-corrected chi connectivity index (χ1v) is 5.35. The Kier molecular flexibility index (Phi) is 7.15. The van der Waals surface area contributed by atoms with Crippen molar-refractivity contribution in [2.75, 3.05) is 6.54 Å². The van der Waals surface area contributed by atoms with E-state index in [1.807, 2.05) is 0 Å². The van der Waals surface area contributed by atoms with Crippen LogP contribution < -0.4 is 11.1 Å². The fourth-order valence-electron chi connectivity index (χ4n) is 1.19. The van der Waals surface area contributed by atoms with Crippen LogP contribution in [0, 0.1) is 0 Å². The highest BCUT2D eigenvalue weighted by atomic mass is 35.5. The first-order valence-electron chi connectivity index (χ1n) is 4.97. The average Bonchev–Trinajstić information content (AvgIpc) is 2.25. The standard InChI is InChI=1S/C11H15ClN2O2.ClH/c1-7(13)11(16)14-6-10(15)8-3-2-4-9(12)5-8;/h2-5,7,10,15H,6,13H2,1H3,(H,14,16);1H/t7-,10?;/m1./s1. The molecule has 0 aliphatic heterocycles. The number of carbonyl (C=O) groups excluding carboxylic acids is 1. The number of benzene rings is 1. The maximum absolute atomic E-state index is 11.2. The molecular weight excluding hydrogens is 263 g/mol. The summed E-state index contributed by atoms with van der Waals surface area (Å²) in [7, 11) is 0. The second-order valence-corrected chi connectivity index (χ2v) is 4.04. The summed E-state index contributed by atoms with van der Waals surface area (Å²) in [4.78, 5) is 11.2. The average molecular weight is 279 g/mol. The van der Waals surface area contributed by atoms with Crippen LogP contribution in [0.4, 0.5) is 0 Å². The molecule has 17 heavy (non-hydrogen) atoms. The van der Waals surface area contributed by atoms with E-state index in [9.17, 15) is 9.90 Å². The summed E-state index contributed by atoms with van der Waals surface area (Å²) in [5.74, 6) is -0.291. The highest BCUT2D eigenvalue weighted by Crippen LogP contribution is 2.16. The maximum Gasteiger partial charge on any atom is 0.236 e. The Hall–Kier alpha value is -0.810. The van der Waals surface area contributed by atoms with E-state index < -0.39 is 12.1 Å². The summed E-state index contributed by atoms with van der Waals surface area (Å²) in [6.45, 7) is 1.71. The van der Waals surface area contributed by atoms with Gasteiger partial charge >= 0.3 is 0 Å². The van der Waals surface area contributed by atoms with Crippen molar-refractivity contribution in [1.29, 1.82) is 0 Å². The fraction of sp³-hybridized carbons (Fsp3) is 0.364. The third kappa shape index (κ3) is 5.37. The van der Waals surface area contributed by atoms with E-state index in [4.69, 9.17) is 17.3 Å². The van der Waals surface area contributed by atoms with Crippen LogP contribution in [0.3, 0.4) is 0 Å². The van der Waals surface area contributed by atoms with E-state index in [-0.39, 0.29) is 24.9 Å². The van der Waals surface area contributed by atoms with Gasteiger partial charge in [0.25, 0.3) is 0 Å². The van der Waals surface area contributed by atoms with Crippen molar-refractivity contribution in [3.05, 3.63) is 34.9 Å².